The maximum atomic E-state index is 11.8. The van der Waals surface area contributed by atoms with E-state index in [4.69, 9.17) is 22.1 Å². The lowest BCUT2D eigenvalue weighted by Crippen LogP contribution is -2.23. The topological polar surface area (TPSA) is 64.3 Å². The minimum absolute atomic E-state index is 0.0236. The van der Waals surface area contributed by atoms with Gasteiger partial charge in [-0.3, -0.25) is 4.79 Å². The number of nitrogen functional groups attached to an aromatic ring is 1. The standard InChI is InChI=1S/C17H19ClN2O2/c18-14-7-2-1-6-13(14)12-20-17(21)10-5-11-22-16-9-4-3-8-15(16)19/h1-4,6-9H,5,10-12,19H2,(H,20,21). The first-order valence-corrected chi connectivity index (χ1v) is 7.52. The molecule has 0 aliphatic rings. The van der Waals surface area contributed by atoms with Crippen LogP contribution in [0.4, 0.5) is 5.69 Å². The van der Waals surface area contributed by atoms with Crippen molar-refractivity contribution in [3.05, 3.63) is 59.1 Å². The molecule has 1 amide bonds. The quantitative estimate of drug-likeness (QED) is 0.607. The number of benzene rings is 2. The fourth-order valence-electron chi connectivity index (χ4n) is 1.95. The highest BCUT2D eigenvalue weighted by Gasteiger charge is 2.04. The van der Waals surface area contributed by atoms with Crippen LogP contribution in [0.25, 0.3) is 0 Å². The Balaban J connectivity index is 1.66. The van der Waals surface area contributed by atoms with Crippen molar-refractivity contribution in [2.45, 2.75) is 19.4 Å². The zero-order valence-corrected chi connectivity index (χ0v) is 13.0. The number of rotatable bonds is 7. The lowest BCUT2D eigenvalue weighted by molar-refractivity contribution is -0.121. The molecule has 0 aromatic heterocycles. The first-order chi connectivity index (χ1) is 10.7. The van der Waals surface area contributed by atoms with Gasteiger partial charge in [0.2, 0.25) is 5.91 Å². The van der Waals surface area contributed by atoms with Crippen molar-refractivity contribution < 1.29 is 9.53 Å². The number of carbonyl (C=O) groups excluding carboxylic acids is 1. The van der Waals surface area contributed by atoms with Crippen LogP contribution in [0.1, 0.15) is 18.4 Å². The Morgan fingerprint density at radius 1 is 1.14 bits per heavy atom. The first kappa shape index (κ1) is 16.2. The van der Waals surface area contributed by atoms with Crippen molar-refractivity contribution in [2.24, 2.45) is 0 Å². The molecule has 0 saturated heterocycles. The SMILES string of the molecule is Nc1ccccc1OCCCC(=O)NCc1ccccc1Cl. The van der Waals surface area contributed by atoms with Crippen LogP contribution in [0.5, 0.6) is 5.75 Å². The minimum Gasteiger partial charge on any atom is -0.491 e. The van der Waals surface area contributed by atoms with Crippen molar-refractivity contribution >= 4 is 23.2 Å². The van der Waals surface area contributed by atoms with Gasteiger partial charge in [-0.1, -0.05) is 41.9 Å². The third kappa shape index (κ3) is 4.97. The number of anilines is 1. The van der Waals surface area contributed by atoms with E-state index in [-0.39, 0.29) is 5.91 Å². The molecule has 0 saturated carbocycles. The summed E-state index contributed by atoms with van der Waals surface area (Å²) in [6, 6.07) is 14.8. The average Bonchev–Trinajstić information content (AvgIpc) is 2.52. The van der Waals surface area contributed by atoms with Gasteiger partial charge in [0, 0.05) is 18.0 Å². The molecule has 0 unspecified atom stereocenters. The summed E-state index contributed by atoms with van der Waals surface area (Å²) >= 11 is 6.03. The largest absolute Gasteiger partial charge is 0.491 e. The number of ether oxygens (including phenoxy) is 1. The van der Waals surface area contributed by atoms with Crippen LogP contribution in [-0.2, 0) is 11.3 Å². The predicted octanol–water partition coefficient (Wildman–Crippen LogP) is 3.40. The third-order valence-corrected chi connectivity index (χ3v) is 3.53. The number of halogens is 1. The van der Waals surface area contributed by atoms with Crippen LogP contribution in [0.15, 0.2) is 48.5 Å². The molecule has 5 heteroatoms. The molecule has 2 aromatic carbocycles. The monoisotopic (exact) mass is 318 g/mol. The van der Waals surface area contributed by atoms with Crippen molar-refractivity contribution in [1.29, 1.82) is 0 Å². The van der Waals surface area contributed by atoms with Gasteiger partial charge in [0.25, 0.3) is 0 Å². The van der Waals surface area contributed by atoms with Gasteiger partial charge >= 0.3 is 0 Å². The maximum absolute atomic E-state index is 11.8. The van der Waals surface area contributed by atoms with E-state index in [0.29, 0.717) is 42.5 Å². The maximum Gasteiger partial charge on any atom is 0.220 e. The molecule has 0 fully saturated rings. The fraction of sp³-hybridized carbons (Fsp3) is 0.235. The summed E-state index contributed by atoms with van der Waals surface area (Å²) in [5, 5.41) is 3.50. The van der Waals surface area contributed by atoms with Gasteiger partial charge in [-0.2, -0.15) is 0 Å². The van der Waals surface area contributed by atoms with Crippen LogP contribution in [0.2, 0.25) is 5.02 Å². The minimum atomic E-state index is -0.0236. The Hall–Kier alpha value is -2.20. The van der Waals surface area contributed by atoms with E-state index in [2.05, 4.69) is 5.32 Å². The van der Waals surface area contributed by atoms with Gasteiger partial charge in [-0.05, 0) is 30.2 Å². The van der Waals surface area contributed by atoms with Crippen molar-refractivity contribution in [1.82, 2.24) is 5.32 Å². The second kappa shape index (κ2) is 8.29. The predicted molar refractivity (Wildman–Crippen MR) is 88.9 cm³/mol. The summed E-state index contributed by atoms with van der Waals surface area (Å²) in [5.74, 6) is 0.628. The molecule has 2 aromatic rings. The van der Waals surface area contributed by atoms with Crippen LogP contribution in [-0.4, -0.2) is 12.5 Å². The van der Waals surface area contributed by atoms with E-state index < -0.39 is 0 Å². The molecule has 3 N–H and O–H groups in total. The van der Waals surface area contributed by atoms with Gasteiger partial charge in [0.15, 0.2) is 0 Å². The highest BCUT2D eigenvalue weighted by molar-refractivity contribution is 6.31. The van der Waals surface area contributed by atoms with Gasteiger partial charge in [0.05, 0.1) is 12.3 Å². The molecule has 0 bridgehead atoms. The van der Waals surface area contributed by atoms with Crippen LogP contribution in [0.3, 0.4) is 0 Å². The molecule has 0 aliphatic carbocycles. The van der Waals surface area contributed by atoms with E-state index in [9.17, 15) is 4.79 Å². The van der Waals surface area contributed by atoms with Crippen LogP contribution in [0, 0.1) is 0 Å². The number of nitrogens with two attached hydrogens (primary N) is 1. The zero-order chi connectivity index (χ0) is 15.8. The summed E-state index contributed by atoms with van der Waals surface area (Å²) in [7, 11) is 0. The number of hydrogen-bond acceptors (Lipinski definition) is 3. The normalized spacial score (nSPS) is 10.2. The van der Waals surface area contributed by atoms with Gasteiger partial charge < -0.3 is 15.8 Å². The highest BCUT2D eigenvalue weighted by atomic mass is 35.5. The van der Waals surface area contributed by atoms with E-state index in [0.717, 1.165) is 5.56 Å². The molecule has 116 valence electrons. The molecule has 0 spiro atoms. The summed E-state index contributed by atoms with van der Waals surface area (Å²) < 4.78 is 5.54. The summed E-state index contributed by atoms with van der Waals surface area (Å²) in [5.41, 5.74) is 7.28. The number of para-hydroxylation sites is 2. The molecule has 0 aliphatic heterocycles. The third-order valence-electron chi connectivity index (χ3n) is 3.16. The van der Waals surface area contributed by atoms with E-state index in [1.807, 2.05) is 36.4 Å². The second-order valence-corrected chi connectivity index (χ2v) is 5.27. The van der Waals surface area contributed by atoms with Gasteiger partial charge in [-0.15, -0.1) is 0 Å². The van der Waals surface area contributed by atoms with Crippen LogP contribution >= 0.6 is 11.6 Å². The Morgan fingerprint density at radius 3 is 2.64 bits per heavy atom. The molecule has 2 rings (SSSR count). The lowest BCUT2D eigenvalue weighted by Gasteiger charge is -2.09. The number of hydrogen-bond donors (Lipinski definition) is 2. The number of carbonyl (C=O) groups is 1. The molecule has 0 heterocycles. The van der Waals surface area contributed by atoms with E-state index in [1.165, 1.54) is 0 Å². The summed E-state index contributed by atoms with van der Waals surface area (Å²) in [6.45, 7) is 0.888. The van der Waals surface area contributed by atoms with Crippen molar-refractivity contribution in [3.8, 4) is 5.75 Å². The summed E-state index contributed by atoms with van der Waals surface area (Å²) in [6.07, 6.45) is 1.03. The second-order valence-electron chi connectivity index (χ2n) is 4.86. The zero-order valence-electron chi connectivity index (χ0n) is 12.2. The molecule has 0 radical (unpaired) electrons. The van der Waals surface area contributed by atoms with Crippen molar-refractivity contribution in [2.75, 3.05) is 12.3 Å². The molecular formula is C17H19ClN2O2. The molecule has 22 heavy (non-hydrogen) atoms. The van der Waals surface area contributed by atoms with E-state index >= 15 is 0 Å². The lowest BCUT2D eigenvalue weighted by atomic mass is 10.2. The molecule has 4 nitrogen and oxygen atoms in total. The van der Waals surface area contributed by atoms with E-state index in [1.54, 1.807) is 12.1 Å². The number of amides is 1. The highest BCUT2D eigenvalue weighted by Crippen LogP contribution is 2.19. The Bertz CT molecular complexity index is 632. The Kier molecular flexibility index (Phi) is 6.10. The van der Waals surface area contributed by atoms with Crippen LogP contribution < -0.4 is 15.8 Å². The van der Waals surface area contributed by atoms with Crippen molar-refractivity contribution in [3.63, 3.8) is 0 Å². The fourth-order valence-corrected chi connectivity index (χ4v) is 2.15. The van der Waals surface area contributed by atoms with Gasteiger partial charge in [0.1, 0.15) is 5.75 Å². The first-order valence-electron chi connectivity index (χ1n) is 7.14. The van der Waals surface area contributed by atoms with Gasteiger partial charge in [-0.25, -0.2) is 0 Å². The molecule has 0 atom stereocenters. The average molecular weight is 319 g/mol. The summed E-state index contributed by atoms with van der Waals surface area (Å²) in [4.78, 5) is 11.8. The molecular weight excluding hydrogens is 300 g/mol. The Morgan fingerprint density at radius 2 is 1.86 bits per heavy atom. The smallest absolute Gasteiger partial charge is 0.220 e. The Labute approximate surface area is 135 Å². The number of nitrogens with one attached hydrogen (secondary N) is 1.